The highest BCUT2D eigenvalue weighted by atomic mass is 35.5. The van der Waals surface area contributed by atoms with Gasteiger partial charge in [-0.1, -0.05) is 53.5 Å². The van der Waals surface area contributed by atoms with Crippen LogP contribution in [0.4, 0.5) is 0 Å². The molecule has 194 valence electrons. The van der Waals surface area contributed by atoms with Crippen molar-refractivity contribution in [3.63, 3.8) is 0 Å². The smallest absolute Gasteiger partial charge is 0.240 e. The zero-order valence-corrected chi connectivity index (χ0v) is 21.7. The van der Waals surface area contributed by atoms with Crippen LogP contribution in [0.25, 0.3) is 16.9 Å². The SMILES string of the molecule is NC(=O)[C@H](Cc1ccccc1)NC(=O)C1CC1C(O)c1cc(-c2cccnc2)nn1-c1ccc(Cl)c(Cl)c1. The summed E-state index contributed by atoms with van der Waals surface area (Å²) < 4.78 is 1.60. The maximum Gasteiger partial charge on any atom is 0.240 e. The van der Waals surface area contributed by atoms with Crippen molar-refractivity contribution in [1.82, 2.24) is 20.1 Å². The number of carbonyl (C=O) groups is 2. The molecule has 1 aliphatic carbocycles. The lowest BCUT2D eigenvalue weighted by atomic mass is 10.0. The zero-order valence-electron chi connectivity index (χ0n) is 20.2. The number of aliphatic hydroxyl groups is 1. The molecule has 0 spiro atoms. The van der Waals surface area contributed by atoms with Gasteiger partial charge in [-0.2, -0.15) is 5.10 Å². The van der Waals surface area contributed by atoms with Crippen molar-refractivity contribution in [2.45, 2.75) is 25.0 Å². The molecule has 0 saturated heterocycles. The third-order valence-corrected chi connectivity index (χ3v) is 7.41. The molecule has 1 aliphatic rings. The molecule has 2 aromatic carbocycles. The number of halogens is 2. The van der Waals surface area contributed by atoms with E-state index in [0.717, 1.165) is 11.1 Å². The van der Waals surface area contributed by atoms with Crippen molar-refractivity contribution < 1.29 is 14.7 Å². The number of hydrogen-bond donors (Lipinski definition) is 3. The first-order chi connectivity index (χ1) is 18.3. The van der Waals surface area contributed by atoms with Gasteiger partial charge >= 0.3 is 0 Å². The van der Waals surface area contributed by atoms with Gasteiger partial charge in [0.1, 0.15) is 6.04 Å². The molecule has 10 heteroatoms. The van der Waals surface area contributed by atoms with Crippen molar-refractivity contribution in [2.24, 2.45) is 17.6 Å². The number of carbonyl (C=O) groups excluding carboxylic acids is 2. The number of primary amides is 1. The van der Waals surface area contributed by atoms with Gasteiger partial charge in [0.15, 0.2) is 0 Å². The summed E-state index contributed by atoms with van der Waals surface area (Å²) >= 11 is 12.4. The number of aliphatic hydroxyl groups excluding tert-OH is 1. The normalized spacial score (nSPS) is 18.0. The second kappa shape index (κ2) is 10.9. The fourth-order valence-corrected chi connectivity index (χ4v) is 4.81. The summed E-state index contributed by atoms with van der Waals surface area (Å²) in [5, 5.41) is 19.6. The second-order valence-corrected chi connectivity index (χ2v) is 10.1. The lowest BCUT2D eigenvalue weighted by molar-refractivity contribution is -0.128. The van der Waals surface area contributed by atoms with E-state index in [1.165, 1.54) is 0 Å². The van der Waals surface area contributed by atoms with Crippen LogP contribution in [0.5, 0.6) is 0 Å². The van der Waals surface area contributed by atoms with E-state index in [2.05, 4.69) is 10.3 Å². The Balaban J connectivity index is 1.37. The summed E-state index contributed by atoms with van der Waals surface area (Å²) in [5.74, 6) is -1.76. The number of nitrogens with two attached hydrogens (primary N) is 1. The Kier molecular flexibility index (Phi) is 7.46. The molecule has 1 saturated carbocycles. The third-order valence-electron chi connectivity index (χ3n) is 6.67. The van der Waals surface area contributed by atoms with Gasteiger partial charge < -0.3 is 16.2 Å². The Morgan fingerprint density at radius 2 is 1.87 bits per heavy atom. The Labute approximate surface area is 229 Å². The number of amides is 2. The van der Waals surface area contributed by atoms with E-state index in [4.69, 9.17) is 34.0 Å². The molecule has 0 radical (unpaired) electrons. The van der Waals surface area contributed by atoms with Crippen molar-refractivity contribution in [3.05, 3.63) is 100 Å². The quantitative estimate of drug-likeness (QED) is 0.289. The van der Waals surface area contributed by atoms with Crippen LogP contribution >= 0.6 is 23.2 Å². The second-order valence-electron chi connectivity index (χ2n) is 9.31. The number of nitrogens with zero attached hydrogens (tertiary/aromatic N) is 3. The molecular weight excluding hydrogens is 525 g/mol. The topological polar surface area (TPSA) is 123 Å². The minimum atomic E-state index is -1.00. The van der Waals surface area contributed by atoms with Crippen molar-refractivity contribution in [2.75, 3.05) is 0 Å². The summed E-state index contributed by atoms with van der Waals surface area (Å²) in [5.41, 5.74) is 8.94. The lowest BCUT2D eigenvalue weighted by Crippen LogP contribution is -2.46. The molecule has 5 rings (SSSR count). The predicted molar refractivity (Wildman–Crippen MR) is 145 cm³/mol. The highest BCUT2D eigenvalue weighted by molar-refractivity contribution is 6.42. The maximum absolute atomic E-state index is 13.0. The van der Waals surface area contributed by atoms with Crippen molar-refractivity contribution >= 4 is 35.0 Å². The van der Waals surface area contributed by atoms with Gasteiger partial charge in [0.25, 0.3) is 0 Å². The molecule has 0 bridgehead atoms. The average Bonchev–Trinajstić information content (AvgIpc) is 3.61. The number of benzene rings is 2. The third kappa shape index (κ3) is 5.57. The first-order valence-corrected chi connectivity index (χ1v) is 12.8. The molecule has 4 aromatic rings. The summed E-state index contributed by atoms with van der Waals surface area (Å²) in [4.78, 5) is 29.2. The van der Waals surface area contributed by atoms with Gasteiger partial charge in [-0.3, -0.25) is 14.6 Å². The van der Waals surface area contributed by atoms with Crippen LogP contribution in [0, 0.1) is 11.8 Å². The van der Waals surface area contributed by atoms with E-state index >= 15 is 0 Å². The van der Waals surface area contributed by atoms with Gasteiger partial charge in [-0.05, 0) is 48.4 Å². The number of pyridine rings is 1. The number of hydrogen-bond acceptors (Lipinski definition) is 5. The Bertz CT molecular complexity index is 1460. The van der Waals surface area contributed by atoms with Crippen LogP contribution in [-0.4, -0.2) is 37.7 Å². The van der Waals surface area contributed by atoms with Crippen molar-refractivity contribution in [3.8, 4) is 16.9 Å². The molecular formula is C28H25Cl2N5O3. The van der Waals surface area contributed by atoms with Gasteiger partial charge in [-0.15, -0.1) is 0 Å². The maximum atomic E-state index is 13.0. The molecule has 4 N–H and O–H groups in total. The molecule has 8 nitrogen and oxygen atoms in total. The minimum Gasteiger partial charge on any atom is -0.386 e. The summed E-state index contributed by atoms with van der Waals surface area (Å²) in [7, 11) is 0. The van der Waals surface area contributed by atoms with Gasteiger partial charge in [0.05, 0.1) is 33.2 Å². The molecule has 0 aliphatic heterocycles. The van der Waals surface area contributed by atoms with E-state index in [-0.39, 0.29) is 11.8 Å². The van der Waals surface area contributed by atoms with Gasteiger partial charge in [0, 0.05) is 36.2 Å². The Morgan fingerprint density at radius 1 is 1.08 bits per heavy atom. The van der Waals surface area contributed by atoms with Crippen LogP contribution in [0.2, 0.25) is 10.0 Å². The summed E-state index contributed by atoms with van der Waals surface area (Å²) in [6, 6.07) is 19.0. The highest BCUT2D eigenvalue weighted by Crippen LogP contribution is 2.48. The van der Waals surface area contributed by atoms with Crippen LogP contribution in [0.1, 0.15) is 23.8 Å². The van der Waals surface area contributed by atoms with E-state index in [9.17, 15) is 14.7 Å². The lowest BCUT2D eigenvalue weighted by Gasteiger charge is -2.17. The molecule has 2 aromatic heterocycles. The molecule has 3 unspecified atom stereocenters. The van der Waals surface area contributed by atoms with E-state index in [0.29, 0.717) is 40.0 Å². The molecule has 4 atom stereocenters. The van der Waals surface area contributed by atoms with Crippen LogP contribution in [0.3, 0.4) is 0 Å². The minimum absolute atomic E-state index is 0.292. The first-order valence-electron chi connectivity index (χ1n) is 12.1. The monoisotopic (exact) mass is 549 g/mol. The summed E-state index contributed by atoms with van der Waals surface area (Å²) in [6.45, 7) is 0. The Hall–Kier alpha value is -3.72. The first kappa shape index (κ1) is 25.9. The number of rotatable bonds is 9. The summed E-state index contributed by atoms with van der Waals surface area (Å²) in [6.07, 6.45) is 3.10. The van der Waals surface area contributed by atoms with E-state index in [1.54, 1.807) is 47.4 Å². The van der Waals surface area contributed by atoms with Crippen LogP contribution in [0.15, 0.2) is 79.1 Å². The van der Waals surface area contributed by atoms with Crippen LogP contribution in [-0.2, 0) is 16.0 Å². The molecule has 2 heterocycles. The van der Waals surface area contributed by atoms with Crippen LogP contribution < -0.4 is 11.1 Å². The number of aromatic nitrogens is 3. The highest BCUT2D eigenvalue weighted by Gasteiger charge is 2.49. The van der Waals surface area contributed by atoms with E-state index in [1.807, 2.05) is 36.4 Å². The van der Waals surface area contributed by atoms with Gasteiger partial charge in [-0.25, -0.2) is 4.68 Å². The average molecular weight is 550 g/mol. The van der Waals surface area contributed by atoms with Crippen molar-refractivity contribution in [1.29, 1.82) is 0 Å². The molecule has 1 fully saturated rings. The van der Waals surface area contributed by atoms with E-state index < -0.39 is 24.0 Å². The number of nitrogens with one attached hydrogen (secondary N) is 1. The largest absolute Gasteiger partial charge is 0.386 e. The Morgan fingerprint density at radius 3 is 2.55 bits per heavy atom. The fourth-order valence-electron chi connectivity index (χ4n) is 4.52. The van der Waals surface area contributed by atoms with Gasteiger partial charge in [0.2, 0.25) is 11.8 Å². The zero-order chi connectivity index (χ0) is 26.8. The standard InChI is InChI=1S/C28H25Cl2N5O3/c29-21-9-8-18(12-22(21)30)35-25(14-23(34-35)17-7-4-10-32-15-17)26(36)19-13-20(19)28(38)33-24(27(31)37)11-16-5-2-1-3-6-16/h1-10,12,14-15,19-20,24,26,36H,11,13H2,(H2,31,37)(H,33,38)/t19?,20?,24-,26?/m0/s1. The predicted octanol–water partition coefficient (Wildman–Crippen LogP) is 4.12. The molecule has 2 amide bonds. The molecule has 38 heavy (non-hydrogen) atoms. The fraction of sp³-hybridized carbons (Fsp3) is 0.214.